The summed E-state index contributed by atoms with van der Waals surface area (Å²) in [6.45, 7) is 29.1. The van der Waals surface area contributed by atoms with Gasteiger partial charge in [-0.1, -0.05) is 108 Å². The van der Waals surface area contributed by atoms with Crippen molar-refractivity contribution in [3.05, 3.63) is 108 Å². The van der Waals surface area contributed by atoms with Gasteiger partial charge in [-0.15, -0.1) is 11.8 Å². The van der Waals surface area contributed by atoms with Crippen LogP contribution in [-0.2, 0) is 0 Å². The van der Waals surface area contributed by atoms with Gasteiger partial charge in [0.25, 0.3) is 0 Å². The van der Waals surface area contributed by atoms with Gasteiger partial charge in [-0.2, -0.15) is 0 Å². The van der Waals surface area contributed by atoms with Gasteiger partial charge in [-0.25, -0.2) is 0 Å². The number of hydrogen-bond donors (Lipinski definition) is 0. The van der Waals surface area contributed by atoms with E-state index in [4.69, 9.17) is 0 Å². The van der Waals surface area contributed by atoms with Gasteiger partial charge in [-0.3, -0.25) is 4.98 Å². The van der Waals surface area contributed by atoms with Crippen LogP contribution < -0.4 is 0 Å². The van der Waals surface area contributed by atoms with E-state index in [2.05, 4.69) is 113 Å². The second kappa shape index (κ2) is 29.4. The highest BCUT2D eigenvalue weighted by Crippen LogP contribution is 2.31. The van der Waals surface area contributed by atoms with E-state index >= 15 is 0 Å². The molecule has 1 aromatic heterocycles. The molecule has 0 N–H and O–H groups in total. The first-order chi connectivity index (χ1) is 19.2. The molecule has 0 amide bonds. The standard InChI is InChI=1S/C17H19N.C9H17N.C7H12S.2C2H6/c1-4-14(5-2)15-10-8-9-13(3)17(15)16-11-6-7-12-18-16;1-9(2)7-5-6-8-10(3)4;1-4-5-6-8-7(2)3;2*1-2/h4,6-12H,5H2,1-3H3;5,7H,1,6,8H2,2-4H3;4-5H,2,6H2,1,3H3;2*1-2H3/b14-4+;7-5-;5-4-;;. The van der Waals surface area contributed by atoms with Crippen molar-refractivity contribution >= 4 is 17.3 Å². The molecule has 0 fully saturated rings. The zero-order valence-electron chi connectivity index (χ0n) is 28.0. The number of pyridine rings is 1. The minimum absolute atomic E-state index is 1.04. The van der Waals surface area contributed by atoms with Crippen molar-refractivity contribution in [2.75, 3.05) is 26.4 Å². The van der Waals surface area contributed by atoms with E-state index in [9.17, 15) is 0 Å². The molecule has 2 nitrogen and oxygen atoms in total. The molecule has 224 valence electrons. The predicted octanol–water partition coefficient (Wildman–Crippen LogP) is 11.8. The van der Waals surface area contributed by atoms with E-state index in [0.29, 0.717) is 0 Å². The molecule has 0 radical (unpaired) electrons. The Morgan fingerprint density at radius 2 is 1.60 bits per heavy atom. The van der Waals surface area contributed by atoms with Crippen LogP contribution in [0.5, 0.6) is 0 Å². The molecule has 0 aliphatic rings. The van der Waals surface area contributed by atoms with Gasteiger partial charge in [0.05, 0.1) is 5.69 Å². The molecule has 0 saturated heterocycles. The molecular formula is C37H60N2S. The van der Waals surface area contributed by atoms with Crippen LogP contribution in [0.25, 0.3) is 16.8 Å². The number of aromatic nitrogens is 1. The zero-order valence-corrected chi connectivity index (χ0v) is 28.8. The summed E-state index contributed by atoms with van der Waals surface area (Å²) in [5, 5.41) is 0. The van der Waals surface area contributed by atoms with Gasteiger partial charge in [-0.05, 0) is 95.3 Å². The van der Waals surface area contributed by atoms with Crippen LogP contribution in [0.1, 0.15) is 86.3 Å². The maximum absolute atomic E-state index is 4.49. The molecule has 3 heteroatoms. The van der Waals surface area contributed by atoms with Crippen LogP contribution in [0.4, 0.5) is 0 Å². The van der Waals surface area contributed by atoms with Crippen LogP contribution in [0.2, 0.25) is 0 Å². The highest BCUT2D eigenvalue weighted by atomic mass is 32.2. The molecule has 1 heterocycles. The number of aryl methyl sites for hydroxylation is 1. The lowest BCUT2D eigenvalue weighted by molar-refractivity contribution is 0.417. The smallest absolute Gasteiger partial charge is 0.0710 e. The fourth-order valence-corrected chi connectivity index (χ4v) is 3.81. The molecule has 0 aliphatic heterocycles. The molecule has 0 unspecified atom stereocenters. The Bertz CT molecular complexity index is 982. The molecule has 0 saturated carbocycles. The van der Waals surface area contributed by atoms with Crippen molar-refractivity contribution in [1.82, 2.24) is 9.88 Å². The van der Waals surface area contributed by atoms with E-state index in [-0.39, 0.29) is 0 Å². The monoisotopic (exact) mass is 564 g/mol. The summed E-state index contributed by atoms with van der Waals surface area (Å²) in [5.41, 5.74) is 7.39. The summed E-state index contributed by atoms with van der Waals surface area (Å²) in [5.74, 6) is 1.06. The second-order valence-corrected chi connectivity index (χ2v) is 10.1. The van der Waals surface area contributed by atoms with E-state index < -0.39 is 0 Å². The molecule has 0 aliphatic carbocycles. The topological polar surface area (TPSA) is 16.1 Å². The van der Waals surface area contributed by atoms with E-state index in [1.165, 1.54) is 27.2 Å². The van der Waals surface area contributed by atoms with Gasteiger partial charge in [0.2, 0.25) is 0 Å². The third-order valence-corrected chi connectivity index (χ3v) is 5.93. The average Bonchev–Trinajstić information content (AvgIpc) is 2.95. The van der Waals surface area contributed by atoms with Crippen LogP contribution in [0.15, 0.2) is 96.6 Å². The Labute approximate surface area is 254 Å². The van der Waals surface area contributed by atoms with Crippen molar-refractivity contribution in [2.45, 2.75) is 82.1 Å². The average molecular weight is 565 g/mol. The minimum Gasteiger partial charge on any atom is -0.309 e. The molecule has 2 rings (SSSR count). The SMILES string of the molecule is C/C=C(\CC)c1cccc(C)c1-c1ccccn1.C=C(C)/C=C\CCN(C)C.C=C(C)SC/C=C\C.CC.CC. The maximum Gasteiger partial charge on any atom is 0.0710 e. The van der Waals surface area contributed by atoms with Gasteiger partial charge in [0.15, 0.2) is 0 Å². The number of hydrogen-bond acceptors (Lipinski definition) is 3. The lowest BCUT2D eigenvalue weighted by Gasteiger charge is -2.14. The Morgan fingerprint density at radius 1 is 0.950 bits per heavy atom. The van der Waals surface area contributed by atoms with E-state index in [1.54, 1.807) is 11.8 Å². The summed E-state index contributed by atoms with van der Waals surface area (Å²) in [6, 6.07) is 12.5. The third-order valence-electron chi connectivity index (χ3n) is 5.08. The molecule has 40 heavy (non-hydrogen) atoms. The molecule has 2 aromatic rings. The second-order valence-electron chi connectivity index (χ2n) is 8.80. The van der Waals surface area contributed by atoms with E-state index in [0.717, 1.165) is 36.4 Å². The number of allylic oxidation sites excluding steroid dienone is 6. The third kappa shape index (κ3) is 22.2. The van der Waals surface area contributed by atoms with Crippen molar-refractivity contribution < 1.29 is 0 Å². The van der Waals surface area contributed by atoms with Gasteiger partial charge >= 0.3 is 0 Å². The van der Waals surface area contributed by atoms with E-state index in [1.807, 2.05) is 66.8 Å². The largest absolute Gasteiger partial charge is 0.309 e. The summed E-state index contributed by atoms with van der Waals surface area (Å²) < 4.78 is 0. The van der Waals surface area contributed by atoms with Crippen LogP contribution in [0, 0.1) is 6.92 Å². The minimum atomic E-state index is 1.04. The summed E-state index contributed by atoms with van der Waals surface area (Å²) in [6.07, 6.45) is 14.6. The predicted molar refractivity (Wildman–Crippen MR) is 190 cm³/mol. The van der Waals surface area contributed by atoms with Crippen LogP contribution in [0.3, 0.4) is 0 Å². The molecule has 1 aromatic carbocycles. The van der Waals surface area contributed by atoms with Gasteiger partial charge < -0.3 is 4.90 Å². The summed E-state index contributed by atoms with van der Waals surface area (Å²) >= 11 is 1.77. The molecule has 0 atom stereocenters. The first-order valence-electron chi connectivity index (χ1n) is 14.7. The molecule has 0 bridgehead atoms. The molecular weight excluding hydrogens is 504 g/mol. The summed E-state index contributed by atoms with van der Waals surface area (Å²) in [4.78, 5) is 7.85. The first kappa shape index (κ1) is 41.9. The van der Waals surface area contributed by atoms with Crippen molar-refractivity contribution in [3.8, 4) is 11.3 Å². The Hall–Kier alpha value is -2.62. The zero-order chi connectivity index (χ0) is 31.3. The number of nitrogens with zero attached hydrogens (tertiary/aromatic N) is 2. The van der Waals surface area contributed by atoms with Crippen molar-refractivity contribution in [1.29, 1.82) is 0 Å². The quantitative estimate of drug-likeness (QED) is 0.211. The lowest BCUT2D eigenvalue weighted by Crippen LogP contribution is -2.11. The fraction of sp³-hybridized carbons (Fsp3) is 0.432. The normalized spacial score (nSPS) is 10.4. The number of thioether (sulfide) groups is 1. The highest BCUT2D eigenvalue weighted by Gasteiger charge is 2.11. The molecule has 0 spiro atoms. The Balaban J connectivity index is -0.000000531. The summed E-state index contributed by atoms with van der Waals surface area (Å²) in [7, 11) is 4.16. The highest BCUT2D eigenvalue weighted by molar-refractivity contribution is 8.03. The van der Waals surface area contributed by atoms with Crippen LogP contribution >= 0.6 is 11.8 Å². The number of benzene rings is 1. The Kier molecular flexibility index (Phi) is 30.7. The van der Waals surface area contributed by atoms with Crippen molar-refractivity contribution in [3.63, 3.8) is 0 Å². The maximum atomic E-state index is 4.49. The van der Waals surface area contributed by atoms with Gasteiger partial charge in [0.1, 0.15) is 0 Å². The van der Waals surface area contributed by atoms with Crippen LogP contribution in [-0.4, -0.2) is 36.3 Å². The van der Waals surface area contributed by atoms with Crippen molar-refractivity contribution in [2.24, 2.45) is 0 Å². The Morgan fingerprint density at radius 3 is 2.05 bits per heavy atom. The fourth-order valence-electron chi connectivity index (χ4n) is 3.24. The number of rotatable bonds is 10. The first-order valence-corrected chi connectivity index (χ1v) is 15.7. The lowest BCUT2D eigenvalue weighted by atomic mass is 9.92. The van der Waals surface area contributed by atoms with Gasteiger partial charge in [0, 0.05) is 24.1 Å².